The maximum Gasteiger partial charge on any atom is 0.305 e. The fourth-order valence-corrected chi connectivity index (χ4v) is 1.49. The van der Waals surface area contributed by atoms with Gasteiger partial charge in [0.1, 0.15) is 0 Å². The molecular weight excluding hydrogens is 212 g/mol. The first kappa shape index (κ1) is 12.1. The van der Waals surface area contributed by atoms with Crippen LogP contribution in [0.25, 0.3) is 0 Å². The van der Waals surface area contributed by atoms with E-state index >= 15 is 0 Å². The number of carbonyl (C=O) groups is 1. The van der Waals surface area contributed by atoms with Crippen molar-refractivity contribution in [2.75, 3.05) is 0 Å². The molecule has 0 heterocycles. The second-order valence-electron chi connectivity index (χ2n) is 3.40. The lowest BCUT2D eigenvalue weighted by atomic mass is 9.98. The highest BCUT2D eigenvalue weighted by Crippen LogP contribution is 2.20. The summed E-state index contributed by atoms with van der Waals surface area (Å²) in [5, 5.41) is 19.4. The van der Waals surface area contributed by atoms with Crippen LogP contribution in [0.2, 0.25) is 0 Å². The molecule has 0 fully saturated rings. The average molecular weight is 224 g/mol. The zero-order chi connectivity index (χ0) is 12.1. The molecule has 0 aromatic heterocycles. The normalized spacial score (nSPS) is 14.1. The van der Waals surface area contributed by atoms with Crippen molar-refractivity contribution in [1.29, 1.82) is 0 Å². The molecule has 0 aliphatic carbocycles. The van der Waals surface area contributed by atoms with E-state index in [4.69, 9.17) is 10.8 Å². The van der Waals surface area contributed by atoms with Gasteiger partial charge in [0.15, 0.2) is 0 Å². The Morgan fingerprint density at radius 1 is 1.44 bits per heavy atom. The van der Waals surface area contributed by atoms with Crippen molar-refractivity contribution in [1.82, 2.24) is 0 Å². The van der Waals surface area contributed by atoms with Gasteiger partial charge in [-0.3, -0.25) is 14.9 Å². The zero-order valence-electron chi connectivity index (χ0n) is 8.45. The van der Waals surface area contributed by atoms with Crippen molar-refractivity contribution in [3.63, 3.8) is 0 Å². The summed E-state index contributed by atoms with van der Waals surface area (Å²) in [7, 11) is 0. The summed E-state index contributed by atoms with van der Waals surface area (Å²) in [6.45, 7) is 0. The van der Waals surface area contributed by atoms with Gasteiger partial charge in [-0.15, -0.1) is 0 Å². The molecule has 6 heteroatoms. The van der Waals surface area contributed by atoms with Gasteiger partial charge in [0.2, 0.25) is 0 Å². The van der Waals surface area contributed by atoms with E-state index in [9.17, 15) is 14.9 Å². The van der Waals surface area contributed by atoms with Gasteiger partial charge in [-0.1, -0.05) is 30.3 Å². The molecule has 3 N–H and O–H groups in total. The van der Waals surface area contributed by atoms with Gasteiger partial charge < -0.3 is 10.8 Å². The van der Waals surface area contributed by atoms with Crippen LogP contribution in [0.1, 0.15) is 18.0 Å². The quantitative estimate of drug-likeness (QED) is 0.568. The molecule has 1 aromatic rings. The molecule has 0 saturated heterocycles. The minimum absolute atomic E-state index is 0.418. The fourth-order valence-electron chi connectivity index (χ4n) is 1.49. The molecule has 2 atom stereocenters. The fraction of sp³-hybridized carbons (Fsp3) is 0.300. The highest BCUT2D eigenvalue weighted by atomic mass is 16.6. The van der Waals surface area contributed by atoms with Crippen molar-refractivity contribution in [2.45, 2.75) is 18.5 Å². The summed E-state index contributed by atoms with van der Waals surface area (Å²) >= 11 is 0. The largest absolute Gasteiger partial charge is 0.481 e. The Hall–Kier alpha value is -1.95. The van der Waals surface area contributed by atoms with Crippen LogP contribution >= 0.6 is 0 Å². The van der Waals surface area contributed by atoms with Gasteiger partial charge in [0, 0.05) is 10.5 Å². The number of nitrogens with zero attached hydrogens (tertiary/aromatic N) is 1. The number of nitrogens with two attached hydrogens (primary N) is 1. The number of rotatable bonds is 5. The van der Waals surface area contributed by atoms with Crippen LogP contribution in [-0.4, -0.2) is 22.0 Å². The lowest BCUT2D eigenvalue weighted by Crippen LogP contribution is -2.35. The molecule has 0 aliphatic heterocycles. The van der Waals surface area contributed by atoms with E-state index in [1.165, 1.54) is 0 Å². The Kier molecular flexibility index (Phi) is 3.96. The molecule has 2 unspecified atom stereocenters. The van der Waals surface area contributed by atoms with Gasteiger partial charge in [-0.05, 0) is 0 Å². The van der Waals surface area contributed by atoms with E-state index in [1.807, 2.05) is 0 Å². The van der Waals surface area contributed by atoms with E-state index in [0.29, 0.717) is 5.56 Å². The highest BCUT2D eigenvalue weighted by molar-refractivity contribution is 5.67. The summed E-state index contributed by atoms with van der Waals surface area (Å²) in [6, 6.07) is 5.94. The van der Waals surface area contributed by atoms with E-state index in [1.54, 1.807) is 30.3 Å². The number of hydrogen-bond acceptors (Lipinski definition) is 4. The molecule has 1 rings (SSSR count). The number of carboxylic acid groups (broad SMARTS) is 1. The predicted molar refractivity (Wildman–Crippen MR) is 56.4 cm³/mol. The lowest BCUT2D eigenvalue weighted by molar-refractivity contribution is -0.532. The molecule has 6 nitrogen and oxygen atoms in total. The maximum atomic E-state index is 10.9. The van der Waals surface area contributed by atoms with E-state index in [0.717, 1.165) is 0 Å². The Morgan fingerprint density at radius 2 is 2.00 bits per heavy atom. The molecule has 86 valence electrons. The van der Waals surface area contributed by atoms with Crippen molar-refractivity contribution in [2.24, 2.45) is 5.73 Å². The third kappa shape index (κ3) is 3.03. The standard InChI is InChI=1S/C10H12N2O4/c11-8(6-9(13)14)10(12(15)16)7-4-2-1-3-5-7/h1-5,8,10H,6,11H2,(H,13,14). The van der Waals surface area contributed by atoms with Crippen molar-refractivity contribution in [3.05, 3.63) is 46.0 Å². The second kappa shape index (κ2) is 5.22. The minimum atomic E-state index is -1.18. The van der Waals surface area contributed by atoms with Crippen molar-refractivity contribution < 1.29 is 14.8 Å². The molecule has 0 amide bonds. The number of nitro groups is 1. The number of carboxylic acids is 1. The lowest BCUT2D eigenvalue weighted by Gasteiger charge is -2.15. The number of hydrogen-bond donors (Lipinski definition) is 2. The molecule has 0 aliphatic rings. The van der Waals surface area contributed by atoms with Crippen LogP contribution in [0.15, 0.2) is 30.3 Å². The molecule has 16 heavy (non-hydrogen) atoms. The van der Waals surface area contributed by atoms with E-state index in [2.05, 4.69) is 0 Å². The molecule has 0 saturated carbocycles. The highest BCUT2D eigenvalue weighted by Gasteiger charge is 2.31. The van der Waals surface area contributed by atoms with Crippen LogP contribution in [-0.2, 0) is 4.79 Å². The first-order chi connectivity index (χ1) is 7.52. The van der Waals surface area contributed by atoms with E-state index in [-0.39, 0.29) is 0 Å². The van der Waals surface area contributed by atoms with Crippen LogP contribution < -0.4 is 5.73 Å². The summed E-state index contributed by atoms with van der Waals surface area (Å²) in [4.78, 5) is 20.8. The Morgan fingerprint density at radius 3 is 2.44 bits per heavy atom. The number of aliphatic carboxylic acids is 1. The SMILES string of the molecule is NC(CC(=O)O)C(c1ccccc1)[N+](=O)[O-]. The molecule has 0 spiro atoms. The van der Waals surface area contributed by atoms with Gasteiger partial charge in [0.05, 0.1) is 12.5 Å². The topological polar surface area (TPSA) is 106 Å². The average Bonchev–Trinajstić information content (AvgIpc) is 2.17. The van der Waals surface area contributed by atoms with E-state index < -0.39 is 29.4 Å². The van der Waals surface area contributed by atoms with Gasteiger partial charge in [0.25, 0.3) is 6.04 Å². The predicted octanol–water partition coefficient (Wildman–Crippen LogP) is 0.806. The van der Waals surface area contributed by atoms with Gasteiger partial charge >= 0.3 is 5.97 Å². The van der Waals surface area contributed by atoms with Crippen molar-refractivity contribution >= 4 is 5.97 Å². The smallest absolute Gasteiger partial charge is 0.305 e. The third-order valence-electron chi connectivity index (χ3n) is 2.18. The minimum Gasteiger partial charge on any atom is -0.481 e. The second-order valence-corrected chi connectivity index (χ2v) is 3.40. The third-order valence-corrected chi connectivity index (χ3v) is 2.18. The van der Waals surface area contributed by atoms with Crippen LogP contribution in [0, 0.1) is 10.1 Å². The monoisotopic (exact) mass is 224 g/mol. The van der Waals surface area contributed by atoms with Crippen LogP contribution in [0.3, 0.4) is 0 Å². The Bertz CT molecular complexity index is 380. The Labute approximate surface area is 91.8 Å². The molecule has 1 aromatic carbocycles. The molecular formula is C10H12N2O4. The first-order valence-electron chi connectivity index (χ1n) is 4.68. The Balaban J connectivity index is 2.92. The first-order valence-corrected chi connectivity index (χ1v) is 4.68. The summed E-state index contributed by atoms with van der Waals surface area (Å²) < 4.78 is 0. The zero-order valence-corrected chi connectivity index (χ0v) is 8.45. The number of benzene rings is 1. The maximum absolute atomic E-state index is 10.9. The summed E-state index contributed by atoms with van der Waals surface area (Å²) in [6.07, 6.45) is -0.430. The van der Waals surface area contributed by atoms with Crippen LogP contribution in [0.5, 0.6) is 0 Å². The molecule has 0 bridgehead atoms. The van der Waals surface area contributed by atoms with Crippen LogP contribution in [0.4, 0.5) is 0 Å². The van der Waals surface area contributed by atoms with Gasteiger partial charge in [-0.2, -0.15) is 0 Å². The molecule has 0 radical (unpaired) electrons. The summed E-state index contributed by atoms with van der Waals surface area (Å²) in [5.41, 5.74) is 5.95. The van der Waals surface area contributed by atoms with Gasteiger partial charge in [-0.25, -0.2) is 0 Å². The van der Waals surface area contributed by atoms with Crippen molar-refractivity contribution in [3.8, 4) is 0 Å². The summed E-state index contributed by atoms with van der Waals surface area (Å²) in [5.74, 6) is -1.14.